The van der Waals surface area contributed by atoms with E-state index in [0.29, 0.717) is 12.5 Å². The summed E-state index contributed by atoms with van der Waals surface area (Å²) in [5.41, 5.74) is 4.24. The van der Waals surface area contributed by atoms with Crippen molar-refractivity contribution >= 4 is 17.4 Å². The average molecular weight is 498 g/mol. The summed E-state index contributed by atoms with van der Waals surface area (Å²) in [6.45, 7) is 7.19. The Morgan fingerprint density at radius 1 is 0.919 bits per heavy atom. The van der Waals surface area contributed by atoms with Crippen molar-refractivity contribution in [3.63, 3.8) is 0 Å². The maximum absolute atomic E-state index is 13.1. The lowest BCUT2D eigenvalue weighted by Crippen LogP contribution is -2.50. The molecule has 2 fully saturated rings. The van der Waals surface area contributed by atoms with Crippen LogP contribution in [0.1, 0.15) is 43.5 Å². The van der Waals surface area contributed by atoms with Gasteiger partial charge in [0, 0.05) is 74.5 Å². The van der Waals surface area contributed by atoms with Gasteiger partial charge in [0.2, 0.25) is 5.91 Å². The molecule has 2 unspecified atom stereocenters. The van der Waals surface area contributed by atoms with E-state index < -0.39 is 0 Å². The van der Waals surface area contributed by atoms with E-state index in [0.717, 1.165) is 67.6 Å². The smallest absolute Gasteiger partial charge is 0.234 e. The molecule has 8 bridgehead atoms. The second kappa shape index (κ2) is 10.6. The Morgan fingerprint density at radius 3 is 2.43 bits per heavy atom. The number of hydrogen-bond donors (Lipinski definition) is 2. The Bertz CT molecular complexity index is 1240. The van der Waals surface area contributed by atoms with E-state index >= 15 is 0 Å². The number of nitrogens with one attached hydrogen (secondary N) is 2. The van der Waals surface area contributed by atoms with Gasteiger partial charge in [0.25, 0.3) is 0 Å². The molecule has 8 nitrogen and oxygen atoms in total. The molecule has 0 radical (unpaired) electrons. The van der Waals surface area contributed by atoms with Crippen LogP contribution in [0, 0.1) is 5.92 Å². The van der Waals surface area contributed by atoms with Crippen LogP contribution in [-0.2, 0) is 11.3 Å². The van der Waals surface area contributed by atoms with Crippen molar-refractivity contribution in [1.29, 1.82) is 0 Å². The topological polar surface area (TPSA) is 86.3 Å². The van der Waals surface area contributed by atoms with Crippen LogP contribution in [0.3, 0.4) is 0 Å². The Balaban J connectivity index is 1.30. The highest BCUT2D eigenvalue weighted by Crippen LogP contribution is 2.36. The van der Waals surface area contributed by atoms with Crippen molar-refractivity contribution in [2.75, 3.05) is 38.0 Å². The number of aromatic nitrogens is 3. The van der Waals surface area contributed by atoms with Crippen LogP contribution in [0.15, 0.2) is 55.0 Å². The molecule has 3 aromatic rings. The third-order valence-corrected chi connectivity index (χ3v) is 7.84. The van der Waals surface area contributed by atoms with E-state index in [1.807, 2.05) is 30.7 Å². The van der Waals surface area contributed by atoms with Crippen LogP contribution in [0.2, 0.25) is 0 Å². The summed E-state index contributed by atoms with van der Waals surface area (Å²) in [5, 5.41) is 6.82. The molecule has 1 amide bonds. The van der Waals surface area contributed by atoms with Crippen molar-refractivity contribution < 1.29 is 4.79 Å². The summed E-state index contributed by atoms with van der Waals surface area (Å²) in [5.74, 6) is 2.42. The van der Waals surface area contributed by atoms with Crippen molar-refractivity contribution in [3.8, 4) is 11.1 Å². The highest BCUT2D eigenvalue weighted by atomic mass is 16.2. The third kappa shape index (κ3) is 5.97. The number of carbonyl (C=O) groups is 1. The normalized spacial score (nSPS) is 26.1. The molecule has 37 heavy (non-hydrogen) atoms. The molecule has 5 aliphatic heterocycles. The van der Waals surface area contributed by atoms with E-state index in [2.05, 4.69) is 56.6 Å². The van der Waals surface area contributed by atoms with Gasteiger partial charge in [0.05, 0.1) is 6.54 Å². The van der Waals surface area contributed by atoms with Gasteiger partial charge in [-0.3, -0.25) is 14.6 Å². The van der Waals surface area contributed by atoms with E-state index in [1.54, 1.807) is 0 Å². The van der Waals surface area contributed by atoms with Crippen LogP contribution in [0.4, 0.5) is 11.5 Å². The molecular formula is C29H35N7O. The van der Waals surface area contributed by atoms with Gasteiger partial charge in [0.1, 0.15) is 11.6 Å². The zero-order valence-electron chi connectivity index (χ0n) is 21.4. The first-order valence-corrected chi connectivity index (χ1v) is 13.5. The fourth-order valence-corrected chi connectivity index (χ4v) is 5.40. The van der Waals surface area contributed by atoms with Gasteiger partial charge >= 0.3 is 0 Å². The first-order chi connectivity index (χ1) is 18.1. The molecule has 1 saturated carbocycles. The van der Waals surface area contributed by atoms with E-state index in [-0.39, 0.29) is 17.9 Å². The van der Waals surface area contributed by atoms with Gasteiger partial charge in [-0.15, -0.1) is 0 Å². The minimum atomic E-state index is 0.0456. The number of anilines is 2. The van der Waals surface area contributed by atoms with Crippen LogP contribution < -0.4 is 10.6 Å². The van der Waals surface area contributed by atoms with Gasteiger partial charge in [-0.25, -0.2) is 15.0 Å². The number of hydrogen-bond acceptors (Lipinski definition) is 7. The lowest BCUT2D eigenvalue weighted by molar-refractivity contribution is -0.123. The molecule has 8 heteroatoms. The average Bonchev–Trinajstić information content (AvgIpc) is 3.73. The minimum Gasteiger partial charge on any atom is -0.352 e. The largest absolute Gasteiger partial charge is 0.352 e. The van der Waals surface area contributed by atoms with Crippen LogP contribution >= 0.6 is 0 Å². The monoisotopic (exact) mass is 497 g/mol. The minimum absolute atomic E-state index is 0.0456. The standard InChI is InChI=1S/C29H35N7O/c1-20-26(14-21-5-6-21)34-28(37)19-36-11-9-35(10-12-36)18-22-3-2-4-25(13-22)33-27-15-23(7-8-30-27)24-16-31-29(20)32-17-24/h2-4,7-8,13,15-17,20-21,26H,5-6,9-12,14,18-19H2,1H3,(H,30,33)(H,34,37). The van der Waals surface area contributed by atoms with Crippen molar-refractivity contribution in [2.24, 2.45) is 5.92 Å². The fourth-order valence-electron chi connectivity index (χ4n) is 5.40. The summed E-state index contributed by atoms with van der Waals surface area (Å²) in [6, 6.07) is 12.6. The Hall–Kier alpha value is -3.36. The van der Waals surface area contributed by atoms with Gasteiger partial charge in [-0.1, -0.05) is 31.9 Å². The molecule has 1 saturated heterocycles. The van der Waals surface area contributed by atoms with E-state index in [4.69, 9.17) is 9.97 Å². The van der Waals surface area contributed by atoms with Gasteiger partial charge in [0.15, 0.2) is 0 Å². The third-order valence-electron chi connectivity index (χ3n) is 7.84. The lowest BCUT2D eigenvalue weighted by Gasteiger charge is -2.35. The summed E-state index contributed by atoms with van der Waals surface area (Å²) >= 11 is 0. The second-order valence-electron chi connectivity index (χ2n) is 10.8. The molecule has 6 aliphatic rings. The number of carbonyl (C=O) groups excluding carboxylic acids is 1. The number of nitrogens with zero attached hydrogens (tertiary/aromatic N) is 5. The van der Waals surface area contributed by atoms with Gasteiger partial charge in [-0.2, -0.15) is 0 Å². The zero-order chi connectivity index (χ0) is 25.2. The first kappa shape index (κ1) is 24.0. The van der Waals surface area contributed by atoms with Gasteiger partial charge in [-0.05, 0) is 47.7 Å². The fraction of sp³-hybridized carbons (Fsp3) is 0.448. The molecule has 7 heterocycles. The number of piperazine rings is 1. The molecule has 1 aliphatic carbocycles. The summed E-state index contributed by atoms with van der Waals surface area (Å²) in [6.07, 6.45) is 9.08. The zero-order valence-corrected chi connectivity index (χ0v) is 21.4. The molecule has 2 aromatic heterocycles. The molecule has 192 valence electrons. The van der Waals surface area contributed by atoms with Crippen molar-refractivity contribution in [2.45, 2.75) is 44.7 Å². The molecular weight excluding hydrogens is 462 g/mol. The van der Waals surface area contributed by atoms with E-state index in [9.17, 15) is 4.79 Å². The molecule has 1 aromatic carbocycles. The quantitative estimate of drug-likeness (QED) is 0.557. The number of pyridine rings is 1. The van der Waals surface area contributed by atoms with Crippen molar-refractivity contribution in [1.82, 2.24) is 30.1 Å². The maximum atomic E-state index is 13.1. The SMILES string of the molecule is CC1c2ncc(cn2)-c2ccnc(c2)Nc2cccc(c2)CN2CCN(CC2)CC(=O)NC1CC1CC1. The second-order valence-corrected chi connectivity index (χ2v) is 10.8. The highest BCUT2D eigenvalue weighted by Gasteiger charge is 2.31. The summed E-state index contributed by atoms with van der Waals surface area (Å²) < 4.78 is 0. The number of amides is 1. The Morgan fingerprint density at radius 2 is 1.68 bits per heavy atom. The highest BCUT2D eigenvalue weighted by molar-refractivity contribution is 5.78. The van der Waals surface area contributed by atoms with Crippen LogP contribution in [0.25, 0.3) is 11.1 Å². The predicted molar refractivity (Wildman–Crippen MR) is 144 cm³/mol. The Kier molecular flexibility index (Phi) is 6.85. The van der Waals surface area contributed by atoms with Gasteiger partial charge < -0.3 is 10.6 Å². The summed E-state index contributed by atoms with van der Waals surface area (Å²) in [4.78, 5) is 31.8. The molecule has 2 atom stereocenters. The lowest BCUT2D eigenvalue weighted by atomic mass is 9.95. The maximum Gasteiger partial charge on any atom is 0.234 e. The summed E-state index contributed by atoms with van der Waals surface area (Å²) in [7, 11) is 0. The first-order valence-electron chi connectivity index (χ1n) is 13.5. The number of rotatable bonds is 2. The molecule has 2 N–H and O–H groups in total. The Labute approximate surface area is 218 Å². The predicted octanol–water partition coefficient (Wildman–Crippen LogP) is 3.80. The molecule has 9 rings (SSSR count). The van der Waals surface area contributed by atoms with Crippen molar-refractivity contribution in [3.05, 3.63) is 66.4 Å². The van der Waals surface area contributed by atoms with Crippen LogP contribution in [0.5, 0.6) is 0 Å². The molecule has 0 spiro atoms. The number of benzene rings is 1. The van der Waals surface area contributed by atoms with Crippen LogP contribution in [-0.4, -0.2) is 69.4 Å². The van der Waals surface area contributed by atoms with E-state index in [1.165, 1.54) is 18.4 Å².